The molecule has 0 saturated heterocycles. The van der Waals surface area contributed by atoms with Gasteiger partial charge in [0.15, 0.2) is 0 Å². The molecule has 1 heterocycles. The molecule has 0 unspecified atom stereocenters. The second-order valence-electron chi connectivity index (χ2n) is 9.55. The molecule has 1 aliphatic rings. The number of nitrogens with one attached hydrogen (secondary N) is 1. The Kier molecular flexibility index (Phi) is 8.24. The molecule has 5 heteroatoms. The number of carbonyl (C=O) groups excluding carboxylic acids is 1. The van der Waals surface area contributed by atoms with Crippen LogP contribution < -0.4 is 14.8 Å². The zero-order valence-corrected chi connectivity index (χ0v) is 21.8. The lowest BCUT2D eigenvalue weighted by atomic mass is 10.0. The highest BCUT2D eigenvalue weighted by Crippen LogP contribution is 2.26. The van der Waals surface area contributed by atoms with E-state index in [0.717, 1.165) is 33.9 Å². The molecule has 1 atom stereocenters. The van der Waals surface area contributed by atoms with Crippen molar-refractivity contribution in [1.82, 2.24) is 4.90 Å². The number of hydrogen-bond donors (Lipinski definition) is 1. The number of hydrogen-bond acceptors (Lipinski definition) is 4. The van der Waals surface area contributed by atoms with Crippen molar-refractivity contribution in [2.24, 2.45) is 0 Å². The van der Waals surface area contributed by atoms with Gasteiger partial charge in [0.1, 0.15) is 18.1 Å². The number of anilines is 1. The van der Waals surface area contributed by atoms with Crippen LogP contribution in [0.15, 0.2) is 103 Å². The van der Waals surface area contributed by atoms with Gasteiger partial charge < -0.3 is 19.7 Å². The van der Waals surface area contributed by atoms with Crippen molar-refractivity contribution in [3.8, 4) is 11.5 Å². The Bertz CT molecular complexity index is 1340. The number of ether oxygens (including phenoxy) is 2. The molecular weight excluding hydrogens is 472 g/mol. The molecule has 38 heavy (non-hydrogen) atoms. The van der Waals surface area contributed by atoms with Crippen molar-refractivity contribution in [1.29, 1.82) is 0 Å². The predicted molar refractivity (Wildman–Crippen MR) is 152 cm³/mol. The lowest BCUT2D eigenvalue weighted by Crippen LogP contribution is -2.45. The van der Waals surface area contributed by atoms with Crippen molar-refractivity contribution < 1.29 is 14.3 Å². The summed E-state index contributed by atoms with van der Waals surface area (Å²) in [6.07, 6.45) is 1.01. The van der Waals surface area contributed by atoms with Crippen LogP contribution in [0.3, 0.4) is 0 Å². The van der Waals surface area contributed by atoms with Gasteiger partial charge >= 0.3 is 0 Å². The van der Waals surface area contributed by atoms with E-state index in [-0.39, 0.29) is 11.9 Å². The molecule has 4 aromatic carbocycles. The van der Waals surface area contributed by atoms with Crippen LogP contribution in [0.5, 0.6) is 11.5 Å². The summed E-state index contributed by atoms with van der Waals surface area (Å²) in [7, 11) is 0. The Labute approximate surface area is 225 Å². The standard InChI is InChI=1S/C33H34N2O3/c1-2-37-30-18-16-26(17-19-30)21-33(36)35-23-28-13-6-8-14-31(28)34-22-27-12-7-9-15-32(27)38-24-29(35)20-25-10-4-3-5-11-25/h3-19,29,34H,2,20-24H2,1H3/t29-/m0/s1. The quantitative estimate of drug-likeness (QED) is 0.335. The maximum atomic E-state index is 14.0. The fourth-order valence-corrected chi connectivity index (χ4v) is 4.89. The van der Waals surface area contributed by atoms with Gasteiger partial charge in [-0.25, -0.2) is 0 Å². The number of nitrogens with zero attached hydrogens (tertiary/aromatic N) is 1. The molecule has 0 spiro atoms. The molecule has 1 amide bonds. The molecule has 194 valence electrons. The van der Waals surface area contributed by atoms with Gasteiger partial charge in [0, 0.05) is 24.3 Å². The SMILES string of the molecule is CCOc1ccc(CC(=O)N2Cc3ccccc3NCc3ccccc3OC[C@@H]2Cc2ccccc2)cc1. The van der Waals surface area contributed by atoms with E-state index in [0.29, 0.717) is 39.1 Å². The first-order chi connectivity index (χ1) is 18.7. The van der Waals surface area contributed by atoms with E-state index in [1.54, 1.807) is 0 Å². The highest BCUT2D eigenvalue weighted by molar-refractivity contribution is 5.79. The van der Waals surface area contributed by atoms with Gasteiger partial charge in [0.25, 0.3) is 0 Å². The Morgan fingerprint density at radius 2 is 1.58 bits per heavy atom. The zero-order chi connectivity index (χ0) is 26.2. The molecule has 1 aliphatic heterocycles. The minimum atomic E-state index is -0.146. The van der Waals surface area contributed by atoms with Crippen LogP contribution in [0.4, 0.5) is 5.69 Å². The number of fused-ring (bicyclic) bond motifs is 2. The number of benzene rings is 4. The summed E-state index contributed by atoms with van der Waals surface area (Å²) in [6.45, 7) is 4.13. The first kappa shape index (κ1) is 25.4. The summed E-state index contributed by atoms with van der Waals surface area (Å²) < 4.78 is 12.0. The fourth-order valence-electron chi connectivity index (χ4n) is 4.89. The number of amides is 1. The smallest absolute Gasteiger partial charge is 0.227 e. The van der Waals surface area contributed by atoms with Crippen molar-refractivity contribution in [3.63, 3.8) is 0 Å². The van der Waals surface area contributed by atoms with Crippen LogP contribution in [0.25, 0.3) is 0 Å². The summed E-state index contributed by atoms with van der Waals surface area (Å²) in [5.74, 6) is 1.73. The maximum Gasteiger partial charge on any atom is 0.227 e. The van der Waals surface area contributed by atoms with Crippen LogP contribution in [0.1, 0.15) is 29.2 Å². The summed E-state index contributed by atoms with van der Waals surface area (Å²) in [5, 5.41) is 3.58. The predicted octanol–water partition coefficient (Wildman–Crippen LogP) is 6.27. The average molecular weight is 507 g/mol. The van der Waals surface area contributed by atoms with Gasteiger partial charge in [-0.3, -0.25) is 4.79 Å². The molecule has 0 radical (unpaired) electrons. The second kappa shape index (κ2) is 12.3. The largest absolute Gasteiger partial charge is 0.494 e. The Morgan fingerprint density at radius 1 is 0.868 bits per heavy atom. The molecule has 0 bridgehead atoms. The van der Waals surface area contributed by atoms with Gasteiger partial charge in [-0.1, -0.05) is 78.9 Å². The van der Waals surface area contributed by atoms with Crippen molar-refractivity contribution in [2.75, 3.05) is 18.5 Å². The zero-order valence-electron chi connectivity index (χ0n) is 21.8. The van der Waals surface area contributed by atoms with Crippen LogP contribution in [0, 0.1) is 0 Å². The van der Waals surface area contributed by atoms with Crippen molar-refractivity contribution in [3.05, 3.63) is 125 Å². The van der Waals surface area contributed by atoms with Gasteiger partial charge in [0.05, 0.1) is 19.1 Å². The molecule has 1 N–H and O–H groups in total. The third-order valence-corrected chi connectivity index (χ3v) is 6.90. The topological polar surface area (TPSA) is 50.8 Å². The Balaban J connectivity index is 1.50. The third-order valence-electron chi connectivity index (χ3n) is 6.90. The summed E-state index contributed by atoms with van der Waals surface area (Å²) in [5.41, 5.74) is 5.35. The molecule has 0 aliphatic carbocycles. The van der Waals surface area contributed by atoms with E-state index < -0.39 is 0 Å². The van der Waals surface area contributed by atoms with E-state index >= 15 is 0 Å². The van der Waals surface area contributed by atoms with E-state index in [1.165, 1.54) is 5.56 Å². The third kappa shape index (κ3) is 6.35. The normalized spacial score (nSPS) is 15.2. The van der Waals surface area contributed by atoms with E-state index in [9.17, 15) is 4.79 Å². The molecular formula is C33H34N2O3. The van der Waals surface area contributed by atoms with Crippen molar-refractivity contribution in [2.45, 2.75) is 38.9 Å². The number of rotatable bonds is 6. The lowest BCUT2D eigenvalue weighted by Gasteiger charge is -2.33. The average Bonchev–Trinajstić information content (AvgIpc) is 2.98. The van der Waals surface area contributed by atoms with E-state index in [1.807, 2.05) is 84.6 Å². The van der Waals surface area contributed by atoms with E-state index in [4.69, 9.17) is 9.47 Å². The van der Waals surface area contributed by atoms with Gasteiger partial charge in [-0.15, -0.1) is 0 Å². The maximum absolute atomic E-state index is 14.0. The molecule has 4 aromatic rings. The van der Waals surface area contributed by atoms with E-state index in [2.05, 4.69) is 35.6 Å². The number of carbonyl (C=O) groups is 1. The molecule has 0 aromatic heterocycles. The molecule has 0 fully saturated rings. The van der Waals surface area contributed by atoms with Crippen LogP contribution in [-0.4, -0.2) is 30.1 Å². The van der Waals surface area contributed by atoms with Gasteiger partial charge in [-0.05, 0) is 54.3 Å². The van der Waals surface area contributed by atoms with Gasteiger partial charge in [0.2, 0.25) is 5.91 Å². The lowest BCUT2D eigenvalue weighted by molar-refractivity contribution is -0.134. The molecule has 5 rings (SSSR count). The van der Waals surface area contributed by atoms with Crippen LogP contribution in [0.2, 0.25) is 0 Å². The highest BCUT2D eigenvalue weighted by Gasteiger charge is 2.27. The summed E-state index contributed by atoms with van der Waals surface area (Å²) in [6, 6.07) is 34.4. The number of para-hydroxylation sites is 2. The van der Waals surface area contributed by atoms with Crippen molar-refractivity contribution >= 4 is 11.6 Å². The first-order valence-corrected chi connectivity index (χ1v) is 13.3. The minimum Gasteiger partial charge on any atom is -0.494 e. The van der Waals surface area contributed by atoms with Crippen LogP contribution >= 0.6 is 0 Å². The molecule has 5 nitrogen and oxygen atoms in total. The fraction of sp³-hybridized carbons (Fsp3) is 0.242. The molecule has 0 saturated carbocycles. The van der Waals surface area contributed by atoms with Gasteiger partial charge in [-0.2, -0.15) is 0 Å². The first-order valence-electron chi connectivity index (χ1n) is 13.3. The monoisotopic (exact) mass is 506 g/mol. The summed E-state index contributed by atoms with van der Waals surface area (Å²) in [4.78, 5) is 16.0. The minimum absolute atomic E-state index is 0.0704. The summed E-state index contributed by atoms with van der Waals surface area (Å²) >= 11 is 0. The Hall–Kier alpha value is -4.25. The van der Waals surface area contributed by atoms with Crippen LogP contribution in [-0.2, 0) is 30.7 Å². The highest BCUT2D eigenvalue weighted by atomic mass is 16.5. The second-order valence-corrected chi connectivity index (χ2v) is 9.55. The Morgan fingerprint density at radius 3 is 2.37 bits per heavy atom.